The second-order valence-electron chi connectivity index (χ2n) is 8.81. The summed E-state index contributed by atoms with van der Waals surface area (Å²) in [5, 5.41) is 49.5. The third-order valence-electron chi connectivity index (χ3n) is 7.26. The maximum Gasteiger partial charge on any atom is 0.149 e. The maximum absolute atomic E-state index is 12.7. The Morgan fingerprint density at radius 2 is 1.43 bits per heavy atom. The van der Waals surface area contributed by atoms with Gasteiger partial charge in [0, 0.05) is 30.1 Å². The second kappa shape index (κ2) is 7.91. The lowest BCUT2D eigenvalue weighted by Crippen LogP contribution is -2.61. The number of carbonyl (C=O) groups is 3. The highest BCUT2D eigenvalue weighted by molar-refractivity contribution is 6.12. The number of ketones is 3. The summed E-state index contributed by atoms with van der Waals surface area (Å²) in [6.07, 6.45) is -5.60. The number of hydrogen-bond acceptors (Lipinski definition) is 8. The van der Waals surface area contributed by atoms with Crippen LogP contribution in [0.5, 0.6) is 0 Å². The lowest BCUT2D eigenvalue weighted by molar-refractivity contribution is -0.205. The van der Waals surface area contributed by atoms with Crippen LogP contribution in [-0.2, 0) is 14.4 Å². The topological polar surface area (TPSA) is 152 Å². The highest BCUT2D eigenvalue weighted by Gasteiger charge is 2.54. The Hall–Kier alpha value is -1.19. The highest BCUT2D eigenvalue weighted by Crippen LogP contribution is 2.49. The first-order chi connectivity index (χ1) is 13.1. The Labute approximate surface area is 163 Å². The van der Waals surface area contributed by atoms with Crippen molar-refractivity contribution in [2.45, 2.75) is 82.4 Å². The van der Waals surface area contributed by atoms with E-state index in [1.807, 2.05) is 6.92 Å². The van der Waals surface area contributed by atoms with E-state index >= 15 is 0 Å². The molecule has 5 atom stereocenters. The molecule has 3 fully saturated rings. The lowest BCUT2D eigenvalue weighted by Gasteiger charge is -2.42. The van der Waals surface area contributed by atoms with E-state index < -0.39 is 47.8 Å². The van der Waals surface area contributed by atoms with Gasteiger partial charge in [0.1, 0.15) is 35.7 Å². The molecule has 0 aromatic heterocycles. The zero-order chi connectivity index (χ0) is 20.8. The largest absolute Gasteiger partial charge is 0.390 e. The molecule has 1 spiro atoms. The molecule has 3 aliphatic carbocycles. The quantitative estimate of drug-likeness (QED) is 0.383. The number of aliphatic hydroxyl groups is 5. The van der Waals surface area contributed by atoms with Crippen molar-refractivity contribution >= 4 is 17.3 Å². The molecule has 0 saturated heterocycles. The molecule has 0 radical (unpaired) electrons. The van der Waals surface area contributed by atoms with Crippen molar-refractivity contribution in [2.75, 3.05) is 0 Å². The zero-order valence-electron chi connectivity index (χ0n) is 16.0. The molecule has 8 heteroatoms. The fourth-order valence-electron chi connectivity index (χ4n) is 5.34. The molecule has 158 valence electrons. The monoisotopic (exact) mass is 398 g/mol. The Morgan fingerprint density at radius 3 is 1.89 bits per heavy atom. The molecule has 0 heterocycles. The van der Waals surface area contributed by atoms with Crippen LogP contribution in [-0.4, -0.2) is 73.4 Å². The maximum atomic E-state index is 12.7. The average Bonchev–Trinajstić information content (AvgIpc) is 2.91. The van der Waals surface area contributed by atoms with Crippen molar-refractivity contribution in [3.63, 3.8) is 0 Å². The molecular formula is C20H30O8. The first kappa shape index (κ1) is 21.5. The Morgan fingerprint density at radius 1 is 0.929 bits per heavy atom. The Balaban J connectivity index is 1.62. The van der Waals surface area contributed by atoms with E-state index in [0.29, 0.717) is 32.1 Å². The van der Waals surface area contributed by atoms with Gasteiger partial charge in [-0.2, -0.15) is 0 Å². The molecule has 0 aromatic rings. The van der Waals surface area contributed by atoms with Crippen LogP contribution in [0.25, 0.3) is 0 Å². The number of Topliss-reactive ketones (excluding diaryl/α,β-unsaturated/α-hetero) is 3. The van der Waals surface area contributed by atoms with Crippen LogP contribution < -0.4 is 0 Å². The van der Waals surface area contributed by atoms with Gasteiger partial charge in [-0.1, -0.05) is 6.92 Å². The van der Waals surface area contributed by atoms with E-state index in [-0.39, 0.29) is 36.1 Å². The van der Waals surface area contributed by atoms with Gasteiger partial charge in [-0.15, -0.1) is 0 Å². The first-order valence-electron chi connectivity index (χ1n) is 10.1. The predicted octanol–water partition coefficient (Wildman–Crippen LogP) is -0.875. The molecule has 0 aliphatic heterocycles. The third-order valence-corrected chi connectivity index (χ3v) is 7.26. The van der Waals surface area contributed by atoms with Gasteiger partial charge in [0.05, 0.1) is 18.1 Å². The lowest BCUT2D eigenvalue weighted by atomic mass is 9.66. The Bertz CT molecular complexity index is 622. The molecule has 8 nitrogen and oxygen atoms in total. The summed E-state index contributed by atoms with van der Waals surface area (Å²) in [7, 11) is 0. The fourth-order valence-corrected chi connectivity index (χ4v) is 5.34. The van der Waals surface area contributed by atoms with E-state index in [1.54, 1.807) is 0 Å². The van der Waals surface area contributed by atoms with Crippen LogP contribution in [0.2, 0.25) is 0 Å². The van der Waals surface area contributed by atoms with E-state index in [1.165, 1.54) is 0 Å². The number of rotatable bonds is 4. The molecule has 28 heavy (non-hydrogen) atoms. The van der Waals surface area contributed by atoms with Crippen LogP contribution in [0, 0.1) is 23.2 Å². The SMILES string of the molecule is CCC1C(=O)CC2(CCC(C(=O)CC3C(O)C(O)C(O)C(O)C3O)CC2)C1=O. The summed E-state index contributed by atoms with van der Waals surface area (Å²) in [6, 6.07) is 0. The van der Waals surface area contributed by atoms with E-state index in [9.17, 15) is 39.9 Å². The molecule has 3 rings (SSSR count). The van der Waals surface area contributed by atoms with Gasteiger partial charge in [0.2, 0.25) is 0 Å². The van der Waals surface area contributed by atoms with Crippen LogP contribution in [0.4, 0.5) is 0 Å². The second-order valence-corrected chi connectivity index (χ2v) is 8.81. The van der Waals surface area contributed by atoms with Gasteiger partial charge in [0.25, 0.3) is 0 Å². The van der Waals surface area contributed by atoms with Crippen molar-refractivity contribution < 1.29 is 39.9 Å². The molecule has 0 amide bonds. The number of hydrogen-bond donors (Lipinski definition) is 5. The van der Waals surface area contributed by atoms with Gasteiger partial charge < -0.3 is 25.5 Å². The summed E-state index contributed by atoms with van der Waals surface area (Å²) >= 11 is 0. The minimum Gasteiger partial charge on any atom is -0.390 e. The van der Waals surface area contributed by atoms with E-state index in [2.05, 4.69) is 0 Å². The smallest absolute Gasteiger partial charge is 0.149 e. The predicted molar refractivity (Wildman–Crippen MR) is 96.0 cm³/mol. The normalized spacial score (nSPS) is 46.9. The fraction of sp³-hybridized carbons (Fsp3) is 0.850. The molecule has 3 aliphatic rings. The minimum absolute atomic E-state index is 0.00394. The molecule has 0 bridgehead atoms. The van der Waals surface area contributed by atoms with Crippen LogP contribution in [0.15, 0.2) is 0 Å². The first-order valence-corrected chi connectivity index (χ1v) is 10.1. The van der Waals surface area contributed by atoms with Crippen molar-refractivity contribution in [3.8, 4) is 0 Å². The summed E-state index contributed by atoms with van der Waals surface area (Å²) in [6.45, 7) is 1.83. The van der Waals surface area contributed by atoms with Gasteiger partial charge in [-0.25, -0.2) is 0 Å². The summed E-state index contributed by atoms with van der Waals surface area (Å²) in [5.74, 6) is -2.16. The number of carbonyl (C=O) groups excluding carboxylic acids is 3. The Kier molecular flexibility index (Phi) is 6.08. The highest BCUT2D eigenvalue weighted by atomic mass is 16.4. The van der Waals surface area contributed by atoms with E-state index in [4.69, 9.17) is 0 Å². The average molecular weight is 398 g/mol. The van der Waals surface area contributed by atoms with Gasteiger partial charge in [0.15, 0.2) is 0 Å². The van der Waals surface area contributed by atoms with Gasteiger partial charge in [-0.3, -0.25) is 14.4 Å². The molecule has 0 aromatic carbocycles. The van der Waals surface area contributed by atoms with Gasteiger partial charge in [-0.05, 0) is 32.1 Å². The zero-order valence-corrected chi connectivity index (χ0v) is 16.0. The number of aliphatic hydroxyl groups excluding tert-OH is 5. The van der Waals surface area contributed by atoms with Crippen molar-refractivity contribution in [1.82, 2.24) is 0 Å². The summed E-state index contributed by atoms with van der Waals surface area (Å²) in [5.41, 5.74) is -0.644. The van der Waals surface area contributed by atoms with Crippen molar-refractivity contribution in [3.05, 3.63) is 0 Å². The molecule has 5 unspecified atom stereocenters. The van der Waals surface area contributed by atoms with Crippen LogP contribution in [0.3, 0.4) is 0 Å². The van der Waals surface area contributed by atoms with Crippen LogP contribution >= 0.6 is 0 Å². The van der Waals surface area contributed by atoms with E-state index in [0.717, 1.165) is 0 Å². The van der Waals surface area contributed by atoms with Crippen LogP contribution in [0.1, 0.15) is 51.9 Å². The third kappa shape index (κ3) is 3.45. The minimum atomic E-state index is -1.68. The molecular weight excluding hydrogens is 368 g/mol. The van der Waals surface area contributed by atoms with Crippen molar-refractivity contribution in [2.24, 2.45) is 23.2 Å². The molecule has 5 N–H and O–H groups in total. The summed E-state index contributed by atoms with van der Waals surface area (Å²) in [4.78, 5) is 37.5. The van der Waals surface area contributed by atoms with Crippen molar-refractivity contribution in [1.29, 1.82) is 0 Å². The summed E-state index contributed by atoms with van der Waals surface area (Å²) < 4.78 is 0. The standard InChI is InChI=1S/C20H30O8/c1-2-10-13(22)8-20(19(10)28)5-3-9(4-6-20)12(21)7-11-14(23)16(25)18(27)17(26)15(11)24/h9-11,14-18,23-27H,2-8H2,1H3. The van der Waals surface area contributed by atoms with Gasteiger partial charge >= 0.3 is 0 Å². The molecule has 3 saturated carbocycles.